The zero-order chi connectivity index (χ0) is 20.2. The van der Waals surface area contributed by atoms with Crippen LogP contribution in [-0.2, 0) is 0 Å². The number of amides is 2. The summed E-state index contributed by atoms with van der Waals surface area (Å²) < 4.78 is 19.0. The zero-order valence-corrected chi connectivity index (χ0v) is 15.5. The molecule has 29 heavy (non-hydrogen) atoms. The third kappa shape index (κ3) is 4.65. The molecule has 2 N–H and O–H groups in total. The molecule has 2 amide bonds. The lowest BCUT2D eigenvalue weighted by Crippen LogP contribution is -2.19. The number of rotatable bonds is 4. The molecule has 0 saturated heterocycles. The van der Waals surface area contributed by atoms with Gasteiger partial charge in [-0.15, -0.1) is 0 Å². The smallest absolute Gasteiger partial charge is 0.323 e. The average molecular weight is 388 g/mol. The van der Waals surface area contributed by atoms with Gasteiger partial charge in [-0.25, -0.2) is 14.2 Å². The maximum atomic E-state index is 13.2. The van der Waals surface area contributed by atoms with Gasteiger partial charge in [0.15, 0.2) is 0 Å². The van der Waals surface area contributed by atoms with Crippen LogP contribution in [0.4, 0.5) is 20.6 Å². The van der Waals surface area contributed by atoms with Crippen molar-refractivity contribution >= 4 is 28.4 Å². The van der Waals surface area contributed by atoms with Crippen LogP contribution in [-0.4, -0.2) is 16.0 Å². The molecule has 3 aromatic carbocycles. The number of benzene rings is 3. The Hall–Kier alpha value is -4.00. The molecule has 0 aliphatic heterocycles. The Labute approximate surface area is 166 Å². The first-order valence-corrected chi connectivity index (χ1v) is 8.90. The Kier molecular flexibility index (Phi) is 5.03. The summed E-state index contributed by atoms with van der Waals surface area (Å²) in [5, 5.41) is 5.26. The van der Waals surface area contributed by atoms with Gasteiger partial charge in [0.25, 0.3) is 0 Å². The van der Waals surface area contributed by atoms with E-state index in [4.69, 9.17) is 4.74 Å². The third-order valence-electron chi connectivity index (χ3n) is 4.06. The maximum absolute atomic E-state index is 13.2. The Morgan fingerprint density at radius 1 is 0.897 bits per heavy atom. The Morgan fingerprint density at radius 2 is 1.66 bits per heavy atom. The molecule has 6 nitrogen and oxygen atoms in total. The van der Waals surface area contributed by atoms with Gasteiger partial charge in [0.2, 0.25) is 0 Å². The van der Waals surface area contributed by atoms with E-state index < -0.39 is 11.8 Å². The Bertz CT molecular complexity index is 1180. The number of nitrogens with zero attached hydrogens (tertiary/aromatic N) is 2. The quantitative estimate of drug-likeness (QED) is 0.483. The van der Waals surface area contributed by atoms with Crippen molar-refractivity contribution in [3.8, 4) is 11.5 Å². The van der Waals surface area contributed by atoms with Crippen molar-refractivity contribution < 1.29 is 13.9 Å². The molecule has 0 aliphatic rings. The molecule has 0 fully saturated rings. The number of ether oxygens (including phenoxy) is 1. The van der Waals surface area contributed by atoms with E-state index in [0.717, 1.165) is 16.7 Å². The van der Waals surface area contributed by atoms with Crippen molar-refractivity contribution in [2.45, 2.75) is 6.92 Å². The van der Waals surface area contributed by atoms with E-state index in [2.05, 4.69) is 20.6 Å². The lowest BCUT2D eigenvalue weighted by Gasteiger charge is -2.10. The van der Waals surface area contributed by atoms with E-state index in [1.807, 2.05) is 25.1 Å². The number of anilines is 2. The monoisotopic (exact) mass is 388 g/mol. The van der Waals surface area contributed by atoms with Crippen LogP contribution < -0.4 is 15.4 Å². The highest BCUT2D eigenvalue weighted by Crippen LogP contribution is 2.25. The van der Waals surface area contributed by atoms with Crippen LogP contribution in [0, 0.1) is 12.7 Å². The molecule has 0 aliphatic carbocycles. The second kappa shape index (κ2) is 7.93. The number of aryl methyl sites for hydroxylation is 1. The minimum absolute atomic E-state index is 0.372. The lowest BCUT2D eigenvalue weighted by atomic mass is 10.2. The van der Waals surface area contributed by atoms with Crippen LogP contribution in [0.5, 0.6) is 11.5 Å². The maximum Gasteiger partial charge on any atom is 0.323 e. The van der Waals surface area contributed by atoms with Crippen LogP contribution in [0.25, 0.3) is 11.0 Å². The summed E-state index contributed by atoms with van der Waals surface area (Å²) in [6, 6.07) is 17.6. The minimum Gasteiger partial charge on any atom is -0.457 e. The molecule has 4 rings (SSSR count). The summed E-state index contributed by atoms with van der Waals surface area (Å²) in [5.41, 5.74) is 3.34. The summed E-state index contributed by atoms with van der Waals surface area (Å²) >= 11 is 0. The minimum atomic E-state index is -0.465. The Morgan fingerprint density at radius 3 is 2.45 bits per heavy atom. The van der Waals surface area contributed by atoms with Gasteiger partial charge in [0, 0.05) is 23.6 Å². The normalized spacial score (nSPS) is 10.6. The second-order valence-corrected chi connectivity index (χ2v) is 6.38. The van der Waals surface area contributed by atoms with Crippen LogP contribution in [0.1, 0.15) is 5.69 Å². The molecule has 1 heterocycles. The van der Waals surface area contributed by atoms with Gasteiger partial charge in [-0.2, -0.15) is 0 Å². The summed E-state index contributed by atoms with van der Waals surface area (Å²) in [4.78, 5) is 20.8. The van der Waals surface area contributed by atoms with Crippen molar-refractivity contribution in [3.05, 3.63) is 84.4 Å². The van der Waals surface area contributed by atoms with Crippen molar-refractivity contribution in [2.24, 2.45) is 0 Å². The van der Waals surface area contributed by atoms with Crippen LogP contribution >= 0.6 is 0 Å². The first-order valence-electron chi connectivity index (χ1n) is 8.90. The first-order chi connectivity index (χ1) is 14.0. The van der Waals surface area contributed by atoms with Gasteiger partial charge in [-0.1, -0.05) is 6.07 Å². The summed E-state index contributed by atoms with van der Waals surface area (Å²) in [6.07, 6.45) is 1.72. The first kappa shape index (κ1) is 18.4. The molecular weight excluding hydrogens is 371 g/mol. The number of fused-ring (bicyclic) bond motifs is 1. The molecule has 0 radical (unpaired) electrons. The fraction of sp³-hybridized carbons (Fsp3) is 0.0455. The van der Waals surface area contributed by atoms with Crippen molar-refractivity contribution in [1.29, 1.82) is 0 Å². The van der Waals surface area contributed by atoms with Gasteiger partial charge in [-0.05, 0) is 61.5 Å². The van der Waals surface area contributed by atoms with Crippen LogP contribution in [0.3, 0.4) is 0 Å². The molecule has 0 spiro atoms. The highest BCUT2D eigenvalue weighted by atomic mass is 19.1. The van der Waals surface area contributed by atoms with Gasteiger partial charge in [-0.3, -0.25) is 4.98 Å². The van der Waals surface area contributed by atoms with Crippen LogP contribution in [0.15, 0.2) is 72.9 Å². The second-order valence-electron chi connectivity index (χ2n) is 6.38. The highest BCUT2D eigenvalue weighted by Gasteiger charge is 2.05. The summed E-state index contributed by atoms with van der Waals surface area (Å²) in [6.45, 7) is 1.89. The molecule has 0 bridgehead atoms. The molecule has 4 aromatic rings. The van der Waals surface area contributed by atoms with Crippen molar-refractivity contribution in [1.82, 2.24) is 9.97 Å². The number of nitrogens with one attached hydrogen (secondary N) is 2. The van der Waals surface area contributed by atoms with Gasteiger partial charge in [0.05, 0.1) is 16.7 Å². The van der Waals surface area contributed by atoms with Crippen molar-refractivity contribution in [3.63, 3.8) is 0 Å². The fourth-order valence-electron chi connectivity index (χ4n) is 2.75. The molecule has 144 valence electrons. The van der Waals surface area contributed by atoms with E-state index in [-0.39, 0.29) is 0 Å². The summed E-state index contributed by atoms with van der Waals surface area (Å²) in [7, 11) is 0. The molecule has 0 saturated carbocycles. The van der Waals surface area contributed by atoms with Crippen molar-refractivity contribution in [2.75, 3.05) is 10.6 Å². The van der Waals surface area contributed by atoms with E-state index >= 15 is 0 Å². The number of halogens is 1. The van der Waals surface area contributed by atoms with E-state index in [1.165, 1.54) is 18.2 Å². The number of urea groups is 1. The van der Waals surface area contributed by atoms with E-state index in [9.17, 15) is 9.18 Å². The molecule has 0 unspecified atom stereocenters. The standard InChI is InChI=1S/C22H17FN4O2/c1-14-13-24-20-10-9-19(12-21(20)25-14)29-18-7-5-16(6-8-18)26-22(28)27-17-4-2-3-15(23)11-17/h2-13H,1H3,(H2,26,27,28). The number of carbonyl (C=O) groups excluding carboxylic acids is 1. The number of aromatic nitrogens is 2. The molecular formula is C22H17FN4O2. The van der Waals surface area contributed by atoms with Gasteiger partial charge in [0.1, 0.15) is 17.3 Å². The predicted octanol–water partition coefficient (Wildman–Crippen LogP) is 5.51. The lowest BCUT2D eigenvalue weighted by molar-refractivity contribution is 0.262. The molecule has 1 aromatic heterocycles. The fourth-order valence-corrected chi connectivity index (χ4v) is 2.75. The molecule has 7 heteroatoms. The predicted molar refractivity (Wildman–Crippen MR) is 110 cm³/mol. The summed E-state index contributed by atoms with van der Waals surface area (Å²) in [5.74, 6) is 0.835. The van der Waals surface area contributed by atoms with Gasteiger partial charge < -0.3 is 15.4 Å². The average Bonchev–Trinajstić information content (AvgIpc) is 2.69. The number of hydrogen-bond donors (Lipinski definition) is 2. The number of carbonyl (C=O) groups is 1. The van der Waals surface area contributed by atoms with E-state index in [1.54, 1.807) is 36.5 Å². The topological polar surface area (TPSA) is 76.1 Å². The Balaban J connectivity index is 1.40. The van der Waals surface area contributed by atoms with Gasteiger partial charge >= 0.3 is 6.03 Å². The molecule has 0 atom stereocenters. The highest BCUT2D eigenvalue weighted by molar-refractivity contribution is 5.99. The largest absolute Gasteiger partial charge is 0.457 e. The zero-order valence-electron chi connectivity index (χ0n) is 15.5. The van der Waals surface area contributed by atoms with E-state index in [0.29, 0.717) is 22.9 Å². The number of hydrogen-bond acceptors (Lipinski definition) is 4. The SMILES string of the molecule is Cc1cnc2ccc(Oc3ccc(NC(=O)Nc4cccc(F)c4)cc3)cc2n1. The third-order valence-corrected chi connectivity index (χ3v) is 4.06. The van der Waals surface area contributed by atoms with Crippen LogP contribution in [0.2, 0.25) is 0 Å².